The zero-order chi connectivity index (χ0) is 19.3. The summed E-state index contributed by atoms with van der Waals surface area (Å²) in [4.78, 5) is 0. The van der Waals surface area contributed by atoms with E-state index in [9.17, 15) is 5.11 Å². The van der Waals surface area contributed by atoms with E-state index in [1.54, 1.807) is 7.11 Å². The van der Waals surface area contributed by atoms with Gasteiger partial charge in [0.25, 0.3) is 8.32 Å². The average Bonchev–Trinajstić information content (AvgIpc) is 2.54. The van der Waals surface area contributed by atoms with E-state index in [2.05, 4.69) is 46.7 Å². The summed E-state index contributed by atoms with van der Waals surface area (Å²) in [6.07, 6.45) is 7.58. The molecule has 25 heavy (non-hydrogen) atoms. The van der Waals surface area contributed by atoms with Crippen molar-refractivity contribution in [2.75, 3.05) is 7.11 Å². The molecule has 0 bridgehead atoms. The normalized spacial score (nSPS) is 14.5. The minimum absolute atomic E-state index is 0.0643. The first-order valence-corrected chi connectivity index (χ1v) is 12.0. The fourth-order valence-corrected chi connectivity index (χ4v) is 3.56. The maximum atomic E-state index is 10.4. The van der Waals surface area contributed by atoms with Crippen LogP contribution in [0.25, 0.3) is 0 Å². The molecule has 1 rings (SSSR count). The zero-order valence-electron chi connectivity index (χ0n) is 16.8. The lowest BCUT2D eigenvalue weighted by Gasteiger charge is -2.38. The Labute approximate surface area is 154 Å². The summed E-state index contributed by atoms with van der Waals surface area (Å²) < 4.78 is 12.2. The van der Waals surface area contributed by atoms with Crippen molar-refractivity contribution in [3.63, 3.8) is 0 Å². The largest absolute Gasteiger partial charge is 0.541 e. The van der Waals surface area contributed by atoms with Gasteiger partial charge in [0.15, 0.2) is 5.75 Å². The minimum atomic E-state index is -2.06. The Morgan fingerprint density at radius 2 is 1.92 bits per heavy atom. The average molecular weight is 363 g/mol. The quantitative estimate of drug-likeness (QED) is 0.500. The Hall–Kier alpha value is -1.44. The monoisotopic (exact) mass is 362 g/mol. The maximum Gasteiger partial charge on any atom is 0.250 e. The number of ether oxygens (including phenoxy) is 1. The lowest BCUT2D eigenvalue weighted by Crippen LogP contribution is -2.44. The third-order valence-electron chi connectivity index (χ3n) is 5.21. The number of para-hydroxylation sites is 1. The maximum absolute atomic E-state index is 10.4. The van der Waals surface area contributed by atoms with Gasteiger partial charge in [0.2, 0.25) is 0 Å². The zero-order valence-corrected chi connectivity index (χ0v) is 17.8. The summed E-state index contributed by atoms with van der Waals surface area (Å²) in [5, 5.41) is 10.5. The van der Waals surface area contributed by atoms with E-state index in [-0.39, 0.29) is 11.0 Å². The number of hydrogen-bond donors (Lipinski definition) is 1. The first-order chi connectivity index (χ1) is 11.6. The van der Waals surface area contributed by atoms with Crippen LogP contribution >= 0.6 is 0 Å². The smallest absolute Gasteiger partial charge is 0.250 e. The highest BCUT2D eigenvalue weighted by molar-refractivity contribution is 6.74. The van der Waals surface area contributed by atoms with Crippen LogP contribution in [0, 0.1) is 12.3 Å². The van der Waals surface area contributed by atoms with Crippen molar-refractivity contribution < 1.29 is 14.3 Å². The van der Waals surface area contributed by atoms with Crippen LogP contribution in [0.5, 0.6) is 11.5 Å². The summed E-state index contributed by atoms with van der Waals surface area (Å²) in [6, 6.07) is 5.85. The van der Waals surface area contributed by atoms with Crippen molar-refractivity contribution in [2.24, 2.45) is 0 Å². The van der Waals surface area contributed by atoms with Gasteiger partial charge in [-0.25, -0.2) is 0 Å². The Balaban J connectivity index is 3.42. The van der Waals surface area contributed by atoms with Gasteiger partial charge >= 0.3 is 0 Å². The highest BCUT2D eigenvalue weighted by Gasteiger charge is 2.40. The van der Waals surface area contributed by atoms with Crippen molar-refractivity contribution in [3.8, 4) is 23.8 Å². The van der Waals surface area contributed by atoms with E-state index >= 15 is 0 Å². The summed E-state index contributed by atoms with van der Waals surface area (Å²) in [7, 11) is -0.411. The van der Waals surface area contributed by atoms with Crippen LogP contribution in [0.1, 0.15) is 58.4 Å². The predicted molar refractivity (Wildman–Crippen MR) is 108 cm³/mol. The van der Waals surface area contributed by atoms with E-state index in [1.165, 1.54) is 0 Å². The van der Waals surface area contributed by atoms with Crippen LogP contribution in [-0.2, 0) is 0 Å². The van der Waals surface area contributed by atoms with Crippen molar-refractivity contribution in [1.29, 1.82) is 0 Å². The first kappa shape index (κ1) is 21.6. The molecule has 0 aliphatic carbocycles. The topological polar surface area (TPSA) is 38.7 Å². The predicted octanol–water partition coefficient (Wildman–Crippen LogP) is 5.35. The van der Waals surface area contributed by atoms with Gasteiger partial charge in [-0.05, 0) is 30.6 Å². The van der Waals surface area contributed by atoms with Gasteiger partial charge in [-0.15, -0.1) is 6.42 Å². The van der Waals surface area contributed by atoms with Gasteiger partial charge in [-0.3, -0.25) is 0 Å². The number of aliphatic hydroxyl groups is 1. The Kier molecular flexibility index (Phi) is 7.58. The minimum Gasteiger partial charge on any atom is -0.541 e. The molecule has 0 radical (unpaired) electrons. The van der Waals surface area contributed by atoms with Crippen LogP contribution in [0.2, 0.25) is 18.1 Å². The summed E-state index contributed by atoms with van der Waals surface area (Å²) >= 11 is 0. The fourth-order valence-electron chi connectivity index (χ4n) is 2.53. The molecule has 2 atom stereocenters. The molecule has 0 aliphatic heterocycles. The molecule has 0 saturated carbocycles. The van der Waals surface area contributed by atoms with Gasteiger partial charge in [-0.2, -0.15) is 0 Å². The van der Waals surface area contributed by atoms with Gasteiger partial charge in [0.05, 0.1) is 7.11 Å². The molecule has 2 unspecified atom stereocenters. The number of unbranched alkanes of at least 4 members (excludes halogenated alkanes) is 1. The van der Waals surface area contributed by atoms with Gasteiger partial charge < -0.3 is 14.3 Å². The van der Waals surface area contributed by atoms with E-state index in [1.807, 2.05) is 18.2 Å². The van der Waals surface area contributed by atoms with E-state index in [4.69, 9.17) is 15.6 Å². The van der Waals surface area contributed by atoms with Gasteiger partial charge in [-0.1, -0.05) is 58.6 Å². The molecule has 140 valence electrons. The molecule has 0 spiro atoms. The molecule has 0 fully saturated rings. The molecule has 0 aromatic heterocycles. The van der Waals surface area contributed by atoms with Crippen LogP contribution in [-0.4, -0.2) is 26.6 Å². The van der Waals surface area contributed by atoms with Gasteiger partial charge in [0.1, 0.15) is 11.9 Å². The molecule has 0 aliphatic rings. The van der Waals surface area contributed by atoms with Crippen LogP contribution in [0.4, 0.5) is 0 Å². The number of hydrogen-bond acceptors (Lipinski definition) is 3. The van der Waals surface area contributed by atoms with Crippen molar-refractivity contribution in [1.82, 2.24) is 0 Å². The third kappa shape index (κ3) is 5.26. The van der Waals surface area contributed by atoms with Gasteiger partial charge in [0, 0.05) is 11.5 Å². The number of rotatable bonds is 8. The third-order valence-corrected chi connectivity index (χ3v) is 9.54. The number of terminal acetylenes is 1. The molecule has 1 aromatic rings. The highest BCUT2D eigenvalue weighted by atomic mass is 28.4. The molecular formula is C21H34O3Si. The SMILES string of the molecule is C#CC(O)C(CCCC)c1cccc(OC)c1O[Si](C)(C)C(C)(C)C. The molecule has 1 N–H and O–H groups in total. The van der Waals surface area contributed by atoms with Crippen LogP contribution < -0.4 is 9.16 Å². The molecule has 1 aromatic carbocycles. The summed E-state index contributed by atoms with van der Waals surface area (Å²) in [5.41, 5.74) is 0.947. The number of aliphatic hydroxyl groups excluding tert-OH is 1. The molecule has 0 amide bonds. The second-order valence-corrected chi connectivity index (χ2v) is 12.8. The Bertz CT molecular complexity index is 596. The molecule has 3 nitrogen and oxygen atoms in total. The standard InChI is InChI=1S/C21H34O3Si/c1-9-11-13-16(18(22)10-2)17-14-12-15-19(23-6)20(17)24-25(7,8)21(3,4)5/h2,12,14-16,18,22H,9,11,13H2,1,3-8H3. The van der Waals surface area contributed by atoms with Crippen LogP contribution in [0.15, 0.2) is 18.2 Å². The van der Waals surface area contributed by atoms with Crippen LogP contribution in [0.3, 0.4) is 0 Å². The van der Waals surface area contributed by atoms with Crippen molar-refractivity contribution in [2.45, 2.75) is 77.1 Å². The highest BCUT2D eigenvalue weighted by Crippen LogP contribution is 2.44. The molecule has 0 heterocycles. The first-order valence-electron chi connectivity index (χ1n) is 9.09. The second-order valence-electron chi connectivity index (χ2n) is 8.10. The Morgan fingerprint density at radius 3 is 2.40 bits per heavy atom. The second kappa shape index (κ2) is 8.78. The lowest BCUT2D eigenvalue weighted by molar-refractivity contribution is 0.191. The fraction of sp³-hybridized carbons (Fsp3) is 0.619. The molecule has 0 saturated heterocycles. The van der Waals surface area contributed by atoms with Crippen molar-refractivity contribution >= 4 is 8.32 Å². The Morgan fingerprint density at radius 1 is 1.28 bits per heavy atom. The van der Waals surface area contributed by atoms with E-state index in [0.29, 0.717) is 5.75 Å². The molecule has 4 heteroatoms. The number of benzene rings is 1. The summed E-state index contributed by atoms with van der Waals surface area (Å²) in [6.45, 7) is 13.2. The van der Waals surface area contributed by atoms with E-state index < -0.39 is 14.4 Å². The molecular weight excluding hydrogens is 328 g/mol. The lowest BCUT2D eigenvalue weighted by atomic mass is 9.88. The summed E-state index contributed by atoms with van der Waals surface area (Å²) in [5.74, 6) is 3.79. The van der Waals surface area contributed by atoms with Crippen molar-refractivity contribution in [3.05, 3.63) is 23.8 Å². The number of methoxy groups -OCH3 is 1. The van der Waals surface area contributed by atoms with E-state index in [0.717, 1.165) is 30.6 Å².